The van der Waals surface area contributed by atoms with Crippen LogP contribution in [-0.2, 0) is 27.1 Å². The predicted octanol–water partition coefficient (Wildman–Crippen LogP) is 1.84. The second-order valence-electron chi connectivity index (χ2n) is 6.54. The van der Waals surface area contributed by atoms with Gasteiger partial charge >= 0.3 is 0 Å². The molecule has 30 heavy (non-hydrogen) atoms. The first-order valence-electron chi connectivity index (χ1n) is 9.19. The third-order valence-electron chi connectivity index (χ3n) is 4.22. The van der Waals surface area contributed by atoms with Crippen molar-refractivity contribution in [3.05, 3.63) is 70.8 Å². The Kier molecular flexibility index (Phi) is 8.43. The van der Waals surface area contributed by atoms with Crippen molar-refractivity contribution in [1.29, 1.82) is 0 Å². The van der Waals surface area contributed by atoms with E-state index in [4.69, 9.17) is 0 Å². The van der Waals surface area contributed by atoms with Gasteiger partial charge in [0.2, 0.25) is 15.9 Å². The van der Waals surface area contributed by atoms with Crippen LogP contribution in [-0.4, -0.2) is 33.8 Å². The molecule has 0 radical (unpaired) electrons. The van der Waals surface area contributed by atoms with Crippen LogP contribution in [0.4, 0.5) is 8.78 Å². The van der Waals surface area contributed by atoms with Gasteiger partial charge in [0.05, 0.1) is 11.3 Å². The van der Waals surface area contributed by atoms with E-state index in [0.717, 1.165) is 17.7 Å². The van der Waals surface area contributed by atoms with Gasteiger partial charge in [0.25, 0.3) is 5.91 Å². The normalized spacial score (nSPS) is 11.2. The van der Waals surface area contributed by atoms with Gasteiger partial charge in [0.15, 0.2) is 0 Å². The molecule has 0 aromatic heterocycles. The van der Waals surface area contributed by atoms with E-state index in [1.54, 1.807) is 24.3 Å². The number of benzene rings is 2. The summed E-state index contributed by atoms with van der Waals surface area (Å²) in [5.74, 6) is -2.73. The number of sulfonamides is 1. The van der Waals surface area contributed by atoms with Gasteiger partial charge in [-0.05, 0) is 36.7 Å². The first-order valence-corrected chi connectivity index (χ1v) is 10.8. The summed E-state index contributed by atoms with van der Waals surface area (Å²) >= 11 is 0. The molecule has 0 spiro atoms. The largest absolute Gasteiger partial charge is 0.352 e. The fourth-order valence-electron chi connectivity index (χ4n) is 2.55. The molecule has 2 rings (SSSR count). The highest BCUT2D eigenvalue weighted by Crippen LogP contribution is 2.10. The van der Waals surface area contributed by atoms with Crippen LogP contribution in [0.15, 0.2) is 42.5 Å². The van der Waals surface area contributed by atoms with Crippen LogP contribution in [0.3, 0.4) is 0 Å². The second-order valence-corrected chi connectivity index (χ2v) is 8.47. The van der Waals surface area contributed by atoms with E-state index in [1.165, 1.54) is 7.05 Å². The Hall–Kier alpha value is -2.85. The first kappa shape index (κ1) is 23.4. The Morgan fingerprint density at radius 2 is 1.63 bits per heavy atom. The molecular formula is C20H23F2N3O4S. The Morgan fingerprint density at radius 1 is 0.967 bits per heavy atom. The fourth-order valence-corrected chi connectivity index (χ4v) is 3.33. The van der Waals surface area contributed by atoms with Gasteiger partial charge in [-0.3, -0.25) is 9.59 Å². The lowest BCUT2D eigenvalue weighted by Gasteiger charge is -2.08. The van der Waals surface area contributed by atoms with E-state index in [9.17, 15) is 26.8 Å². The zero-order valence-electron chi connectivity index (χ0n) is 16.4. The molecule has 7 nitrogen and oxygen atoms in total. The average Bonchev–Trinajstić information content (AvgIpc) is 2.70. The second kappa shape index (κ2) is 10.8. The SMILES string of the molecule is CNS(=O)(=O)Cc1ccc(CNC(=O)CCCNC(=O)c2ccc(F)cc2F)cc1. The molecular weight excluding hydrogens is 416 g/mol. The van der Waals surface area contributed by atoms with Gasteiger partial charge in [0, 0.05) is 25.6 Å². The zero-order valence-corrected chi connectivity index (χ0v) is 17.2. The van der Waals surface area contributed by atoms with Gasteiger partial charge < -0.3 is 10.6 Å². The summed E-state index contributed by atoms with van der Waals surface area (Å²) < 4.78 is 51.7. The number of carbonyl (C=O) groups excluding carboxylic acids is 2. The topological polar surface area (TPSA) is 104 Å². The van der Waals surface area contributed by atoms with Crippen LogP contribution in [0.1, 0.15) is 34.3 Å². The number of halogens is 2. The molecule has 2 aromatic rings. The van der Waals surface area contributed by atoms with Crippen molar-refractivity contribution >= 4 is 21.8 Å². The van der Waals surface area contributed by atoms with E-state index >= 15 is 0 Å². The smallest absolute Gasteiger partial charge is 0.254 e. The molecule has 0 unspecified atom stereocenters. The van der Waals surface area contributed by atoms with Crippen LogP contribution in [0, 0.1) is 11.6 Å². The maximum atomic E-state index is 13.5. The van der Waals surface area contributed by atoms with Gasteiger partial charge in [-0.2, -0.15) is 0 Å². The third kappa shape index (κ3) is 7.53. The van der Waals surface area contributed by atoms with Crippen LogP contribution in [0.2, 0.25) is 0 Å². The highest BCUT2D eigenvalue weighted by molar-refractivity contribution is 7.88. The lowest BCUT2D eigenvalue weighted by atomic mass is 10.1. The third-order valence-corrected chi connectivity index (χ3v) is 5.56. The molecule has 2 amide bonds. The Bertz CT molecular complexity index is 996. The highest BCUT2D eigenvalue weighted by Gasteiger charge is 2.12. The van der Waals surface area contributed by atoms with Crippen molar-refractivity contribution in [3.63, 3.8) is 0 Å². The van der Waals surface area contributed by atoms with E-state index < -0.39 is 27.6 Å². The number of hydrogen-bond donors (Lipinski definition) is 3. The molecule has 0 saturated carbocycles. The van der Waals surface area contributed by atoms with Crippen molar-refractivity contribution < 1.29 is 26.8 Å². The lowest BCUT2D eigenvalue weighted by molar-refractivity contribution is -0.121. The van der Waals surface area contributed by atoms with E-state index in [2.05, 4.69) is 15.4 Å². The number of amides is 2. The van der Waals surface area contributed by atoms with Crippen molar-refractivity contribution in [2.75, 3.05) is 13.6 Å². The minimum Gasteiger partial charge on any atom is -0.352 e. The van der Waals surface area contributed by atoms with Crippen LogP contribution >= 0.6 is 0 Å². The Morgan fingerprint density at radius 3 is 2.27 bits per heavy atom. The van der Waals surface area contributed by atoms with E-state index in [-0.39, 0.29) is 36.7 Å². The quantitative estimate of drug-likeness (QED) is 0.492. The number of rotatable bonds is 10. The molecule has 2 aromatic carbocycles. The van der Waals surface area contributed by atoms with E-state index in [1.807, 2.05) is 0 Å². The van der Waals surface area contributed by atoms with Gasteiger partial charge in [0.1, 0.15) is 11.6 Å². The Labute approximate surface area is 173 Å². The number of hydrogen-bond acceptors (Lipinski definition) is 4. The molecule has 162 valence electrons. The zero-order chi connectivity index (χ0) is 22.1. The minimum atomic E-state index is -3.34. The standard InChI is InChI=1S/C20H23F2N3O4S/c1-23-30(28,29)13-15-6-4-14(5-7-15)12-25-19(26)3-2-10-24-20(27)17-9-8-16(21)11-18(17)22/h4-9,11,23H,2-3,10,12-13H2,1H3,(H,24,27)(H,25,26). The highest BCUT2D eigenvalue weighted by atomic mass is 32.2. The minimum absolute atomic E-state index is 0.121. The molecule has 3 N–H and O–H groups in total. The molecule has 0 aliphatic carbocycles. The number of nitrogens with one attached hydrogen (secondary N) is 3. The fraction of sp³-hybridized carbons (Fsp3) is 0.300. The predicted molar refractivity (Wildman–Crippen MR) is 108 cm³/mol. The lowest BCUT2D eigenvalue weighted by Crippen LogP contribution is -2.28. The van der Waals surface area contributed by atoms with Crippen molar-refractivity contribution in [2.24, 2.45) is 0 Å². The maximum absolute atomic E-state index is 13.5. The Balaban J connectivity index is 1.69. The van der Waals surface area contributed by atoms with Crippen molar-refractivity contribution in [3.8, 4) is 0 Å². The molecule has 0 fully saturated rings. The monoisotopic (exact) mass is 439 g/mol. The van der Waals surface area contributed by atoms with Crippen molar-refractivity contribution in [2.45, 2.75) is 25.1 Å². The molecule has 0 atom stereocenters. The van der Waals surface area contributed by atoms with Crippen LogP contribution in [0.5, 0.6) is 0 Å². The maximum Gasteiger partial charge on any atom is 0.254 e. The summed E-state index contributed by atoms with van der Waals surface area (Å²) in [5, 5.41) is 5.21. The molecule has 0 bridgehead atoms. The summed E-state index contributed by atoms with van der Waals surface area (Å²) in [7, 11) is -1.99. The average molecular weight is 439 g/mol. The van der Waals surface area contributed by atoms with E-state index in [0.29, 0.717) is 18.1 Å². The number of carbonyl (C=O) groups is 2. The van der Waals surface area contributed by atoms with Gasteiger partial charge in [-0.15, -0.1) is 0 Å². The van der Waals surface area contributed by atoms with Crippen LogP contribution in [0.25, 0.3) is 0 Å². The summed E-state index contributed by atoms with van der Waals surface area (Å²) in [4.78, 5) is 23.8. The molecule has 0 heterocycles. The van der Waals surface area contributed by atoms with Gasteiger partial charge in [-0.25, -0.2) is 21.9 Å². The molecule has 0 saturated heterocycles. The van der Waals surface area contributed by atoms with Crippen molar-refractivity contribution in [1.82, 2.24) is 15.4 Å². The molecule has 0 aliphatic heterocycles. The summed E-state index contributed by atoms with van der Waals surface area (Å²) in [6.07, 6.45) is 0.506. The summed E-state index contributed by atoms with van der Waals surface area (Å²) in [6.45, 7) is 0.447. The van der Waals surface area contributed by atoms with Gasteiger partial charge in [-0.1, -0.05) is 24.3 Å². The van der Waals surface area contributed by atoms with Crippen LogP contribution < -0.4 is 15.4 Å². The first-order chi connectivity index (χ1) is 14.2. The summed E-state index contributed by atoms with van der Waals surface area (Å²) in [6, 6.07) is 9.52. The molecule has 0 aliphatic rings. The summed E-state index contributed by atoms with van der Waals surface area (Å²) in [5.41, 5.74) is 1.19. The molecule has 10 heteroatoms.